The molecular formula is C14H9ClO2. The summed E-state index contributed by atoms with van der Waals surface area (Å²) in [5.41, 5.74) is 2.28. The van der Waals surface area contributed by atoms with Crippen molar-refractivity contribution in [2.45, 2.75) is 0 Å². The summed E-state index contributed by atoms with van der Waals surface area (Å²) in [7, 11) is 0. The van der Waals surface area contributed by atoms with Gasteiger partial charge in [0.1, 0.15) is 0 Å². The van der Waals surface area contributed by atoms with Gasteiger partial charge in [0.15, 0.2) is 12.6 Å². The van der Waals surface area contributed by atoms with Crippen LogP contribution in [-0.2, 0) is 0 Å². The zero-order valence-electron chi connectivity index (χ0n) is 8.89. The average molecular weight is 245 g/mol. The normalized spacial score (nSPS) is 9.94. The van der Waals surface area contributed by atoms with Crippen molar-refractivity contribution >= 4 is 24.2 Å². The van der Waals surface area contributed by atoms with Crippen LogP contribution in [0.3, 0.4) is 0 Å². The number of hydrogen-bond donors (Lipinski definition) is 0. The molecule has 0 saturated carbocycles. The minimum absolute atomic E-state index is 0.462. The second-order valence-electron chi connectivity index (χ2n) is 3.53. The third-order valence-electron chi connectivity index (χ3n) is 2.53. The van der Waals surface area contributed by atoms with Gasteiger partial charge in [-0.05, 0) is 11.6 Å². The summed E-state index contributed by atoms with van der Waals surface area (Å²) < 4.78 is 0. The zero-order chi connectivity index (χ0) is 12.3. The monoisotopic (exact) mass is 244 g/mol. The van der Waals surface area contributed by atoms with E-state index in [-0.39, 0.29) is 0 Å². The van der Waals surface area contributed by atoms with Crippen LogP contribution >= 0.6 is 11.6 Å². The standard InChI is InChI=1S/C14H9ClO2/c15-13-7-3-5-11(9-17)14(13)12-6-2-1-4-10(12)8-16/h1-9H. The van der Waals surface area contributed by atoms with Gasteiger partial charge in [0.2, 0.25) is 0 Å². The van der Waals surface area contributed by atoms with Crippen LogP contribution in [0.5, 0.6) is 0 Å². The van der Waals surface area contributed by atoms with Crippen LogP contribution < -0.4 is 0 Å². The van der Waals surface area contributed by atoms with Crippen LogP contribution in [0.1, 0.15) is 20.7 Å². The Morgan fingerprint density at radius 1 is 0.824 bits per heavy atom. The molecule has 0 bridgehead atoms. The molecule has 0 aromatic heterocycles. The molecule has 0 spiro atoms. The van der Waals surface area contributed by atoms with Crippen LogP contribution in [0.2, 0.25) is 5.02 Å². The molecule has 2 aromatic carbocycles. The first kappa shape index (κ1) is 11.6. The molecular weight excluding hydrogens is 236 g/mol. The number of carbonyl (C=O) groups is 2. The molecule has 0 atom stereocenters. The lowest BCUT2D eigenvalue weighted by Crippen LogP contribution is -1.93. The second kappa shape index (κ2) is 4.93. The van der Waals surface area contributed by atoms with Gasteiger partial charge in [-0.2, -0.15) is 0 Å². The molecule has 0 aliphatic heterocycles. The Morgan fingerprint density at radius 2 is 1.47 bits per heavy atom. The predicted molar refractivity (Wildman–Crippen MR) is 67.7 cm³/mol. The second-order valence-corrected chi connectivity index (χ2v) is 3.93. The van der Waals surface area contributed by atoms with E-state index in [2.05, 4.69) is 0 Å². The Balaban J connectivity index is 2.76. The Morgan fingerprint density at radius 3 is 2.18 bits per heavy atom. The summed E-state index contributed by atoms with van der Waals surface area (Å²) in [5, 5.41) is 0.462. The summed E-state index contributed by atoms with van der Waals surface area (Å²) >= 11 is 6.10. The number of carbonyl (C=O) groups excluding carboxylic acids is 2. The van der Waals surface area contributed by atoms with E-state index in [1.165, 1.54) is 0 Å². The van der Waals surface area contributed by atoms with E-state index in [1.807, 2.05) is 0 Å². The highest BCUT2D eigenvalue weighted by Gasteiger charge is 2.11. The van der Waals surface area contributed by atoms with Crippen molar-refractivity contribution < 1.29 is 9.59 Å². The van der Waals surface area contributed by atoms with E-state index in [9.17, 15) is 9.59 Å². The summed E-state index contributed by atoms with van der Waals surface area (Å²) in [6, 6.07) is 12.1. The van der Waals surface area contributed by atoms with Crippen molar-refractivity contribution in [3.8, 4) is 11.1 Å². The van der Waals surface area contributed by atoms with Crippen molar-refractivity contribution in [3.63, 3.8) is 0 Å². The molecule has 2 rings (SSSR count). The summed E-state index contributed by atoms with van der Waals surface area (Å²) in [4.78, 5) is 22.0. The maximum Gasteiger partial charge on any atom is 0.150 e. The van der Waals surface area contributed by atoms with Gasteiger partial charge < -0.3 is 0 Å². The van der Waals surface area contributed by atoms with E-state index in [1.54, 1.807) is 42.5 Å². The van der Waals surface area contributed by atoms with Gasteiger partial charge in [0.25, 0.3) is 0 Å². The maximum absolute atomic E-state index is 11.0. The molecule has 0 radical (unpaired) electrons. The third kappa shape index (κ3) is 2.12. The number of aldehydes is 2. The molecule has 0 N–H and O–H groups in total. The minimum atomic E-state index is 0.462. The third-order valence-corrected chi connectivity index (χ3v) is 2.84. The first-order valence-electron chi connectivity index (χ1n) is 5.06. The van der Waals surface area contributed by atoms with Gasteiger partial charge in [-0.25, -0.2) is 0 Å². The Kier molecular flexibility index (Phi) is 3.35. The summed E-state index contributed by atoms with van der Waals surface area (Å²) in [6.07, 6.45) is 1.50. The Labute approximate surface area is 104 Å². The molecule has 0 heterocycles. The van der Waals surface area contributed by atoms with E-state index < -0.39 is 0 Å². The molecule has 17 heavy (non-hydrogen) atoms. The SMILES string of the molecule is O=Cc1ccccc1-c1c(Cl)cccc1C=O. The molecule has 84 valence electrons. The van der Waals surface area contributed by atoms with Crippen LogP contribution in [0.4, 0.5) is 0 Å². The number of halogens is 1. The topological polar surface area (TPSA) is 34.1 Å². The highest BCUT2D eigenvalue weighted by Crippen LogP contribution is 2.32. The number of benzene rings is 2. The van der Waals surface area contributed by atoms with Gasteiger partial charge in [0.05, 0.1) is 0 Å². The fraction of sp³-hybridized carbons (Fsp3) is 0. The number of hydrogen-bond acceptors (Lipinski definition) is 2. The highest BCUT2D eigenvalue weighted by atomic mass is 35.5. The molecule has 2 nitrogen and oxygen atoms in total. The predicted octanol–water partition coefficient (Wildman–Crippen LogP) is 3.63. The van der Waals surface area contributed by atoms with Gasteiger partial charge in [-0.1, -0.05) is 48.0 Å². The first-order valence-corrected chi connectivity index (χ1v) is 5.44. The molecule has 0 saturated heterocycles. The van der Waals surface area contributed by atoms with E-state index >= 15 is 0 Å². The first-order chi connectivity index (χ1) is 8.27. The fourth-order valence-corrected chi connectivity index (χ4v) is 2.03. The molecule has 2 aromatic rings. The molecule has 0 aliphatic carbocycles. The van der Waals surface area contributed by atoms with Crippen molar-refractivity contribution in [2.75, 3.05) is 0 Å². The lowest BCUT2D eigenvalue weighted by molar-refractivity contribution is 0.111. The van der Waals surface area contributed by atoms with Gasteiger partial charge in [-0.3, -0.25) is 9.59 Å². The largest absolute Gasteiger partial charge is 0.298 e. The van der Waals surface area contributed by atoms with Crippen molar-refractivity contribution in [3.05, 3.63) is 58.6 Å². The summed E-state index contributed by atoms with van der Waals surface area (Å²) in [5.74, 6) is 0. The van der Waals surface area contributed by atoms with Crippen LogP contribution in [0.25, 0.3) is 11.1 Å². The lowest BCUT2D eigenvalue weighted by atomic mass is 9.96. The zero-order valence-corrected chi connectivity index (χ0v) is 9.65. The molecule has 0 fully saturated rings. The van der Waals surface area contributed by atoms with Gasteiger partial charge in [0, 0.05) is 21.7 Å². The molecule has 0 aliphatic rings. The van der Waals surface area contributed by atoms with Gasteiger partial charge >= 0.3 is 0 Å². The van der Waals surface area contributed by atoms with Crippen molar-refractivity contribution in [1.29, 1.82) is 0 Å². The van der Waals surface area contributed by atoms with Crippen molar-refractivity contribution in [2.24, 2.45) is 0 Å². The van der Waals surface area contributed by atoms with Crippen LogP contribution in [0, 0.1) is 0 Å². The molecule has 0 unspecified atom stereocenters. The van der Waals surface area contributed by atoms with Crippen LogP contribution in [-0.4, -0.2) is 12.6 Å². The molecule has 3 heteroatoms. The Hall–Kier alpha value is -1.93. The fourth-order valence-electron chi connectivity index (χ4n) is 1.75. The Bertz CT molecular complexity index is 576. The quantitative estimate of drug-likeness (QED) is 0.773. The van der Waals surface area contributed by atoms with Crippen molar-refractivity contribution in [1.82, 2.24) is 0 Å². The minimum Gasteiger partial charge on any atom is -0.298 e. The lowest BCUT2D eigenvalue weighted by Gasteiger charge is -2.09. The van der Waals surface area contributed by atoms with E-state index in [4.69, 9.17) is 11.6 Å². The maximum atomic E-state index is 11.0. The average Bonchev–Trinajstić information content (AvgIpc) is 2.38. The van der Waals surface area contributed by atoms with Crippen LogP contribution in [0.15, 0.2) is 42.5 Å². The molecule has 0 amide bonds. The summed E-state index contributed by atoms with van der Waals surface area (Å²) in [6.45, 7) is 0. The highest BCUT2D eigenvalue weighted by molar-refractivity contribution is 6.34. The van der Waals surface area contributed by atoms with E-state index in [0.717, 1.165) is 12.6 Å². The smallest absolute Gasteiger partial charge is 0.150 e. The van der Waals surface area contributed by atoms with E-state index in [0.29, 0.717) is 27.3 Å². The number of rotatable bonds is 3. The van der Waals surface area contributed by atoms with Gasteiger partial charge in [-0.15, -0.1) is 0 Å².